The zero-order chi connectivity index (χ0) is 11.1. The molecule has 0 aromatic heterocycles. The van der Waals surface area contributed by atoms with Crippen molar-refractivity contribution in [3.8, 4) is 11.5 Å². The van der Waals surface area contributed by atoms with Crippen LogP contribution in [0.3, 0.4) is 0 Å². The standard InChI is InChI=1S/C12H16O3/c1-8-5-9(13-3)6-10(14-4)11(8)12(2)7-15-12/h5-6H,7H2,1-4H3. The van der Waals surface area contributed by atoms with E-state index in [1.165, 1.54) is 0 Å². The van der Waals surface area contributed by atoms with Crippen LogP contribution < -0.4 is 9.47 Å². The summed E-state index contributed by atoms with van der Waals surface area (Å²) in [6.45, 7) is 4.88. The average Bonchev–Trinajstić information content (AvgIpc) is 2.95. The van der Waals surface area contributed by atoms with Crippen LogP contribution >= 0.6 is 0 Å². The average molecular weight is 208 g/mol. The number of hydrogen-bond donors (Lipinski definition) is 0. The van der Waals surface area contributed by atoms with E-state index in [2.05, 4.69) is 6.92 Å². The van der Waals surface area contributed by atoms with E-state index in [9.17, 15) is 0 Å². The molecule has 0 bridgehead atoms. The largest absolute Gasteiger partial charge is 0.497 e. The summed E-state index contributed by atoms with van der Waals surface area (Å²) < 4.78 is 16.0. The van der Waals surface area contributed by atoms with Crippen LogP contribution in [0, 0.1) is 6.92 Å². The van der Waals surface area contributed by atoms with Crippen LogP contribution in [0.4, 0.5) is 0 Å². The Morgan fingerprint density at radius 2 is 1.93 bits per heavy atom. The molecule has 1 aromatic carbocycles. The van der Waals surface area contributed by atoms with Gasteiger partial charge in [-0.3, -0.25) is 0 Å². The number of aryl methyl sites for hydroxylation is 1. The van der Waals surface area contributed by atoms with Gasteiger partial charge in [0.15, 0.2) is 0 Å². The van der Waals surface area contributed by atoms with Crippen molar-refractivity contribution >= 4 is 0 Å². The number of methoxy groups -OCH3 is 2. The molecule has 3 heteroatoms. The van der Waals surface area contributed by atoms with Gasteiger partial charge in [-0.15, -0.1) is 0 Å². The molecule has 1 aromatic rings. The van der Waals surface area contributed by atoms with Gasteiger partial charge >= 0.3 is 0 Å². The predicted molar refractivity (Wildman–Crippen MR) is 57.6 cm³/mol. The summed E-state index contributed by atoms with van der Waals surface area (Å²) in [4.78, 5) is 0. The Morgan fingerprint density at radius 3 is 2.40 bits per heavy atom. The second kappa shape index (κ2) is 3.42. The van der Waals surface area contributed by atoms with Gasteiger partial charge in [-0.2, -0.15) is 0 Å². The highest BCUT2D eigenvalue weighted by Crippen LogP contribution is 2.45. The lowest BCUT2D eigenvalue weighted by Gasteiger charge is -2.16. The van der Waals surface area contributed by atoms with E-state index in [-0.39, 0.29) is 5.60 Å². The molecule has 2 rings (SSSR count). The molecule has 0 aliphatic carbocycles. The lowest BCUT2D eigenvalue weighted by atomic mass is 9.95. The van der Waals surface area contributed by atoms with E-state index in [4.69, 9.17) is 14.2 Å². The molecule has 15 heavy (non-hydrogen) atoms. The fourth-order valence-corrected chi connectivity index (χ4v) is 1.93. The minimum absolute atomic E-state index is 0.165. The van der Waals surface area contributed by atoms with Gasteiger partial charge in [0, 0.05) is 11.6 Å². The highest BCUT2D eigenvalue weighted by Gasteiger charge is 2.44. The van der Waals surface area contributed by atoms with Crippen molar-refractivity contribution in [2.75, 3.05) is 20.8 Å². The molecule has 1 atom stereocenters. The van der Waals surface area contributed by atoms with Gasteiger partial charge in [0.25, 0.3) is 0 Å². The highest BCUT2D eigenvalue weighted by atomic mass is 16.6. The topological polar surface area (TPSA) is 31.0 Å². The molecule has 3 nitrogen and oxygen atoms in total. The van der Waals surface area contributed by atoms with Gasteiger partial charge in [-0.25, -0.2) is 0 Å². The monoisotopic (exact) mass is 208 g/mol. The van der Waals surface area contributed by atoms with E-state index in [1.54, 1.807) is 14.2 Å². The first-order chi connectivity index (χ1) is 7.10. The van der Waals surface area contributed by atoms with Crippen LogP contribution in [0.1, 0.15) is 18.1 Å². The van der Waals surface area contributed by atoms with Crippen molar-refractivity contribution in [2.24, 2.45) is 0 Å². The molecule has 1 heterocycles. The maximum atomic E-state index is 5.46. The third-order valence-electron chi connectivity index (χ3n) is 2.83. The third-order valence-corrected chi connectivity index (χ3v) is 2.83. The van der Waals surface area contributed by atoms with Crippen molar-refractivity contribution in [3.05, 3.63) is 23.3 Å². The molecule has 1 saturated heterocycles. The van der Waals surface area contributed by atoms with E-state index in [1.807, 2.05) is 19.1 Å². The highest BCUT2D eigenvalue weighted by molar-refractivity contribution is 5.50. The Balaban J connectivity index is 2.52. The number of hydrogen-bond acceptors (Lipinski definition) is 3. The lowest BCUT2D eigenvalue weighted by molar-refractivity contribution is 0.313. The summed E-state index contributed by atoms with van der Waals surface area (Å²) in [7, 11) is 3.33. The Kier molecular flexibility index (Phi) is 2.35. The molecule has 0 radical (unpaired) electrons. The van der Waals surface area contributed by atoms with Crippen LogP contribution in [-0.4, -0.2) is 20.8 Å². The molecule has 1 fully saturated rings. The number of benzene rings is 1. The first kappa shape index (κ1) is 10.3. The fraction of sp³-hybridized carbons (Fsp3) is 0.500. The molecule has 82 valence electrons. The van der Waals surface area contributed by atoms with Gasteiger partial charge in [0.1, 0.15) is 17.1 Å². The summed E-state index contributed by atoms with van der Waals surface area (Å²) >= 11 is 0. The molecular formula is C12H16O3. The number of epoxide rings is 1. The number of ether oxygens (including phenoxy) is 3. The fourth-order valence-electron chi connectivity index (χ4n) is 1.93. The molecule has 1 aliphatic heterocycles. The van der Waals surface area contributed by atoms with Gasteiger partial charge in [0.05, 0.1) is 20.8 Å². The van der Waals surface area contributed by atoms with Gasteiger partial charge in [-0.05, 0) is 25.5 Å². The summed E-state index contributed by atoms with van der Waals surface area (Å²) in [6, 6.07) is 3.90. The van der Waals surface area contributed by atoms with Crippen molar-refractivity contribution in [1.82, 2.24) is 0 Å². The summed E-state index contributed by atoms with van der Waals surface area (Å²) in [5, 5.41) is 0. The van der Waals surface area contributed by atoms with Crippen LogP contribution in [0.2, 0.25) is 0 Å². The Labute approximate surface area is 90.0 Å². The lowest BCUT2D eigenvalue weighted by Crippen LogP contribution is -2.08. The van der Waals surface area contributed by atoms with Crippen LogP contribution in [0.5, 0.6) is 11.5 Å². The molecule has 1 aliphatic rings. The maximum absolute atomic E-state index is 5.46. The van der Waals surface area contributed by atoms with Crippen molar-refractivity contribution in [2.45, 2.75) is 19.4 Å². The minimum Gasteiger partial charge on any atom is -0.497 e. The summed E-state index contributed by atoms with van der Waals surface area (Å²) in [6.07, 6.45) is 0. The molecule has 0 spiro atoms. The Bertz CT molecular complexity index is 381. The Hall–Kier alpha value is -1.22. The second-order valence-electron chi connectivity index (χ2n) is 4.04. The normalized spacial score (nSPS) is 23.7. The zero-order valence-corrected chi connectivity index (χ0v) is 9.59. The van der Waals surface area contributed by atoms with E-state index in [0.717, 1.165) is 29.2 Å². The van der Waals surface area contributed by atoms with E-state index >= 15 is 0 Å². The predicted octanol–water partition coefficient (Wildman–Crippen LogP) is 2.26. The first-order valence-electron chi connectivity index (χ1n) is 4.98. The van der Waals surface area contributed by atoms with Crippen LogP contribution in [0.25, 0.3) is 0 Å². The summed E-state index contributed by atoms with van der Waals surface area (Å²) in [5.41, 5.74) is 2.11. The molecule has 0 amide bonds. The SMILES string of the molecule is COc1cc(C)c(C2(C)CO2)c(OC)c1. The van der Waals surface area contributed by atoms with Gasteiger partial charge in [0.2, 0.25) is 0 Å². The van der Waals surface area contributed by atoms with Crippen LogP contribution in [0.15, 0.2) is 12.1 Å². The van der Waals surface area contributed by atoms with Gasteiger partial charge in [-0.1, -0.05) is 0 Å². The third kappa shape index (κ3) is 1.67. The van der Waals surface area contributed by atoms with Crippen molar-refractivity contribution in [1.29, 1.82) is 0 Å². The molecule has 0 saturated carbocycles. The van der Waals surface area contributed by atoms with Crippen molar-refractivity contribution in [3.63, 3.8) is 0 Å². The second-order valence-corrected chi connectivity index (χ2v) is 4.04. The quantitative estimate of drug-likeness (QED) is 0.714. The first-order valence-corrected chi connectivity index (χ1v) is 4.98. The Morgan fingerprint density at radius 1 is 1.27 bits per heavy atom. The maximum Gasteiger partial charge on any atom is 0.128 e. The van der Waals surface area contributed by atoms with Crippen molar-refractivity contribution < 1.29 is 14.2 Å². The smallest absolute Gasteiger partial charge is 0.128 e. The van der Waals surface area contributed by atoms with Gasteiger partial charge < -0.3 is 14.2 Å². The summed E-state index contributed by atoms with van der Waals surface area (Å²) in [5.74, 6) is 1.66. The minimum atomic E-state index is -0.165. The molecular weight excluding hydrogens is 192 g/mol. The molecule has 1 unspecified atom stereocenters. The van der Waals surface area contributed by atoms with Crippen LogP contribution in [-0.2, 0) is 10.3 Å². The number of rotatable bonds is 3. The van der Waals surface area contributed by atoms with E-state index < -0.39 is 0 Å². The van der Waals surface area contributed by atoms with E-state index in [0.29, 0.717) is 0 Å². The zero-order valence-electron chi connectivity index (χ0n) is 9.59. The molecule has 0 N–H and O–H groups in total.